The summed E-state index contributed by atoms with van der Waals surface area (Å²) >= 11 is 13.7. The first-order valence-electron chi connectivity index (χ1n) is 9.17. The van der Waals surface area contributed by atoms with E-state index in [1.54, 1.807) is 24.1 Å². The number of halogens is 2. The highest BCUT2D eigenvalue weighted by Crippen LogP contribution is 2.29. The van der Waals surface area contributed by atoms with Gasteiger partial charge >= 0.3 is 0 Å². The molecule has 1 aromatic heterocycles. The van der Waals surface area contributed by atoms with Crippen LogP contribution in [-0.2, 0) is 17.8 Å². The van der Waals surface area contributed by atoms with E-state index in [4.69, 9.17) is 27.9 Å². The first kappa shape index (κ1) is 21.6. The third kappa shape index (κ3) is 5.72. The lowest BCUT2D eigenvalue weighted by Gasteiger charge is -2.26. The van der Waals surface area contributed by atoms with Gasteiger partial charge in [-0.25, -0.2) is 4.98 Å². The summed E-state index contributed by atoms with van der Waals surface area (Å²) in [6, 6.07) is 13.0. The van der Waals surface area contributed by atoms with Crippen molar-refractivity contribution in [1.29, 1.82) is 0 Å². The molecule has 0 saturated carbocycles. The zero-order valence-electron chi connectivity index (χ0n) is 16.5. The number of aryl methyl sites for hydroxylation is 1. The fourth-order valence-electron chi connectivity index (χ4n) is 2.82. The SMILES string of the molecule is Cc1ccc(OCc2nc(CC(=O)N(C)C(C)c3ccc(Cl)cc3Cl)cs2)cc1. The molecular formula is C22H22Cl2N2O2S. The van der Waals surface area contributed by atoms with Crippen molar-refractivity contribution in [3.63, 3.8) is 0 Å². The van der Waals surface area contributed by atoms with Crippen molar-refractivity contribution in [2.24, 2.45) is 0 Å². The zero-order chi connectivity index (χ0) is 21.0. The average Bonchev–Trinajstić information content (AvgIpc) is 3.13. The maximum atomic E-state index is 12.7. The van der Waals surface area contributed by atoms with Crippen LogP contribution in [0.3, 0.4) is 0 Å². The number of amides is 1. The Labute approximate surface area is 185 Å². The first-order chi connectivity index (χ1) is 13.8. The van der Waals surface area contributed by atoms with E-state index in [1.165, 1.54) is 16.9 Å². The van der Waals surface area contributed by atoms with Gasteiger partial charge in [0.2, 0.25) is 5.91 Å². The number of benzene rings is 2. The maximum absolute atomic E-state index is 12.7. The number of likely N-dealkylation sites (N-methyl/N-ethyl adjacent to an activating group) is 1. The van der Waals surface area contributed by atoms with Crippen LogP contribution in [0.2, 0.25) is 10.0 Å². The molecule has 2 aromatic carbocycles. The third-order valence-corrected chi connectivity index (χ3v) is 6.14. The van der Waals surface area contributed by atoms with Crippen molar-refractivity contribution in [3.8, 4) is 5.75 Å². The molecule has 3 rings (SSSR count). The number of carbonyl (C=O) groups excluding carboxylic acids is 1. The van der Waals surface area contributed by atoms with Crippen molar-refractivity contribution >= 4 is 40.4 Å². The minimum Gasteiger partial charge on any atom is -0.486 e. The predicted octanol–water partition coefficient (Wildman–Crippen LogP) is 6.10. The number of nitrogens with zero attached hydrogens (tertiary/aromatic N) is 2. The smallest absolute Gasteiger partial charge is 0.228 e. The van der Waals surface area contributed by atoms with Crippen LogP contribution in [0.5, 0.6) is 5.75 Å². The lowest BCUT2D eigenvalue weighted by atomic mass is 10.1. The molecule has 7 heteroatoms. The summed E-state index contributed by atoms with van der Waals surface area (Å²) < 4.78 is 5.76. The monoisotopic (exact) mass is 448 g/mol. The van der Waals surface area contributed by atoms with Gasteiger partial charge in [-0.05, 0) is 43.7 Å². The van der Waals surface area contributed by atoms with Crippen molar-refractivity contribution in [2.75, 3.05) is 7.05 Å². The molecule has 0 N–H and O–H groups in total. The number of carbonyl (C=O) groups is 1. The molecular weight excluding hydrogens is 427 g/mol. The molecule has 0 fully saturated rings. The summed E-state index contributed by atoms with van der Waals surface area (Å²) in [5.74, 6) is 0.775. The molecule has 3 aromatic rings. The zero-order valence-corrected chi connectivity index (χ0v) is 18.8. The van der Waals surface area contributed by atoms with E-state index in [0.717, 1.165) is 22.0 Å². The van der Waals surface area contributed by atoms with E-state index in [9.17, 15) is 4.79 Å². The standard InChI is InChI=1S/C22H22Cl2N2O2S/c1-14-4-7-18(8-5-14)28-12-21-25-17(13-29-21)11-22(27)26(3)15(2)19-9-6-16(23)10-20(19)24/h4-10,13,15H,11-12H2,1-3H3. The van der Waals surface area contributed by atoms with E-state index >= 15 is 0 Å². The maximum Gasteiger partial charge on any atom is 0.228 e. The van der Waals surface area contributed by atoms with Gasteiger partial charge < -0.3 is 9.64 Å². The number of thiazole rings is 1. The quantitative estimate of drug-likeness (QED) is 0.438. The molecule has 4 nitrogen and oxygen atoms in total. The van der Waals surface area contributed by atoms with Crippen molar-refractivity contribution < 1.29 is 9.53 Å². The van der Waals surface area contributed by atoms with E-state index in [0.29, 0.717) is 16.7 Å². The van der Waals surface area contributed by atoms with Gasteiger partial charge in [-0.2, -0.15) is 0 Å². The van der Waals surface area contributed by atoms with Gasteiger partial charge in [0, 0.05) is 22.5 Å². The number of aromatic nitrogens is 1. The Kier molecular flexibility index (Phi) is 7.17. The molecule has 152 valence electrons. The Morgan fingerprint density at radius 2 is 1.93 bits per heavy atom. The van der Waals surface area contributed by atoms with Crippen LogP contribution in [-0.4, -0.2) is 22.8 Å². The third-order valence-electron chi connectivity index (χ3n) is 4.70. The molecule has 0 saturated heterocycles. The first-order valence-corrected chi connectivity index (χ1v) is 10.8. The lowest BCUT2D eigenvalue weighted by Crippen LogP contribution is -2.31. The largest absolute Gasteiger partial charge is 0.486 e. The molecule has 0 spiro atoms. The average molecular weight is 449 g/mol. The van der Waals surface area contributed by atoms with E-state index in [1.807, 2.05) is 49.6 Å². The molecule has 1 atom stereocenters. The predicted molar refractivity (Wildman–Crippen MR) is 119 cm³/mol. The fraction of sp³-hybridized carbons (Fsp3) is 0.273. The summed E-state index contributed by atoms with van der Waals surface area (Å²) in [6.45, 7) is 4.36. The molecule has 1 unspecified atom stereocenters. The fourth-order valence-corrected chi connectivity index (χ4v) is 4.09. The van der Waals surface area contributed by atoms with Gasteiger partial charge in [-0.15, -0.1) is 11.3 Å². The van der Waals surface area contributed by atoms with Gasteiger partial charge in [-0.1, -0.05) is 47.0 Å². The van der Waals surface area contributed by atoms with Gasteiger partial charge in [0.1, 0.15) is 17.4 Å². The van der Waals surface area contributed by atoms with Gasteiger partial charge in [0.25, 0.3) is 0 Å². The van der Waals surface area contributed by atoms with E-state index < -0.39 is 0 Å². The highest BCUT2D eigenvalue weighted by Gasteiger charge is 2.20. The Balaban J connectivity index is 1.58. The number of hydrogen-bond donors (Lipinski definition) is 0. The molecule has 0 aliphatic heterocycles. The highest BCUT2D eigenvalue weighted by molar-refractivity contribution is 7.09. The van der Waals surface area contributed by atoms with Crippen LogP contribution in [0.25, 0.3) is 0 Å². The number of rotatable bonds is 7. The summed E-state index contributed by atoms with van der Waals surface area (Å²) in [7, 11) is 1.77. The molecule has 29 heavy (non-hydrogen) atoms. The van der Waals surface area contributed by atoms with Crippen LogP contribution >= 0.6 is 34.5 Å². The van der Waals surface area contributed by atoms with Gasteiger partial charge in [-0.3, -0.25) is 4.79 Å². The van der Waals surface area contributed by atoms with E-state index in [-0.39, 0.29) is 18.4 Å². The molecule has 0 bridgehead atoms. The number of ether oxygens (including phenoxy) is 1. The molecule has 0 radical (unpaired) electrons. The second kappa shape index (κ2) is 9.61. The van der Waals surface area contributed by atoms with Gasteiger partial charge in [0.15, 0.2) is 0 Å². The van der Waals surface area contributed by atoms with Crippen LogP contribution in [0.15, 0.2) is 47.8 Å². The second-order valence-corrected chi connectivity index (χ2v) is 8.64. The van der Waals surface area contributed by atoms with Gasteiger partial charge in [0.05, 0.1) is 18.2 Å². The molecule has 1 heterocycles. The Hall–Kier alpha value is -2.08. The minimum absolute atomic E-state index is 0.0279. The molecule has 0 aliphatic carbocycles. The number of hydrogen-bond acceptors (Lipinski definition) is 4. The van der Waals surface area contributed by atoms with Crippen LogP contribution in [0.1, 0.15) is 34.8 Å². The van der Waals surface area contributed by atoms with Crippen LogP contribution in [0.4, 0.5) is 0 Å². The van der Waals surface area contributed by atoms with Crippen molar-refractivity contribution in [1.82, 2.24) is 9.88 Å². The minimum atomic E-state index is -0.171. The van der Waals surface area contributed by atoms with Crippen LogP contribution in [0, 0.1) is 6.92 Å². The molecule has 0 aliphatic rings. The summed E-state index contributed by atoms with van der Waals surface area (Å²) in [5.41, 5.74) is 2.78. The summed E-state index contributed by atoms with van der Waals surface area (Å²) in [5, 5.41) is 3.86. The highest BCUT2D eigenvalue weighted by atomic mass is 35.5. The Morgan fingerprint density at radius 3 is 2.62 bits per heavy atom. The lowest BCUT2D eigenvalue weighted by molar-refractivity contribution is -0.131. The topological polar surface area (TPSA) is 42.4 Å². The van der Waals surface area contributed by atoms with E-state index in [2.05, 4.69) is 4.98 Å². The van der Waals surface area contributed by atoms with Crippen molar-refractivity contribution in [2.45, 2.75) is 32.9 Å². The Morgan fingerprint density at radius 1 is 1.21 bits per heavy atom. The summed E-state index contributed by atoms with van der Waals surface area (Å²) in [4.78, 5) is 18.9. The van der Waals surface area contributed by atoms with Crippen molar-refractivity contribution in [3.05, 3.63) is 79.7 Å². The molecule has 1 amide bonds. The van der Waals surface area contributed by atoms with Crippen LogP contribution < -0.4 is 4.74 Å². The normalized spacial score (nSPS) is 11.9. The summed E-state index contributed by atoms with van der Waals surface area (Å²) in [6.07, 6.45) is 0.229. The second-order valence-electron chi connectivity index (χ2n) is 6.86. The Bertz CT molecular complexity index is 989.